The summed E-state index contributed by atoms with van der Waals surface area (Å²) in [6.07, 6.45) is 1.04. The summed E-state index contributed by atoms with van der Waals surface area (Å²) in [6.45, 7) is 0.334. The molecule has 1 amide bonds. The molecule has 0 aliphatic rings. The van der Waals surface area contributed by atoms with E-state index in [2.05, 4.69) is 10.1 Å². The van der Waals surface area contributed by atoms with E-state index in [9.17, 15) is 18.0 Å². The third-order valence-electron chi connectivity index (χ3n) is 3.83. The SMILES string of the molecule is COC(=O)c1cccc(N(CCC(=O)NCc2ccccc2)S(C)(=O)=O)c1. The van der Waals surface area contributed by atoms with Crippen LogP contribution in [0.3, 0.4) is 0 Å². The first-order chi connectivity index (χ1) is 12.8. The predicted octanol–water partition coefficient (Wildman–Crippen LogP) is 1.95. The minimum atomic E-state index is -3.63. The molecular weight excluding hydrogens is 368 g/mol. The van der Waals surface area contributed by atoms with Crippen LogP contribution in [0.4, 0.5) is 5.69 Å². The first kappa shape index (κ1) is 20.4. The molecule has 0 unspecified atom stereocenters. The summed E-state index contributed by atoms with van der Waals surface area (Å²) >= 11 is 0. The summed E-state index contributed by atoms with van der Waals surface area (Å²) < 4.78 is 30.1. The van der Waals surface area contributed by atoms with Gasteiger partial charge in [0.25, 0.3) is 0 Å². The van der Waals surface area contributed by atoms with Crippen molar-refractivity contribution in [3.8, 4) is 0 Å². The fraction of sp³-hybridized carbons (Fsp3) is 0.263. The monoisotopic (exact) mass is 390 g/mol. The zero-order valence-corrected chi connectivity index (χ0v) is 16.0. The molecule has 144 valence electrons. The van der Waals surface area contributed by atoms with Crippen molar-refractivity contribution in [1.82, 2.24) is 5.32 Å². The van der Waals surface area contributed by atoms with E-state index in [4.69, 9.17) is 0 Å². The number of hydrogen-bond acceptors (Lipinski definition) is 5. The molecule has 1 N–H and O–H groups in total. The molecule has 0 atom stereocenters. The fourth-order valence-electron chi connectivity index (χ4n) is 2.48. The van der Waals surface area contributed by atoms with E-state index in [0.717, 1.165) is 16.1 Å². The van der Waals surface area contributed by atoms with Crippen molar-refractivity contribution in [2.45, 2.75) is 13.0 Å². The Morgan fingerprint density at radius 2 is 1.78 bits per heavy atom. The second-order valence-corrected chi connectivity index (χ2v) is 7.80. The summed E-state index contributed by atoms with van der Waals surface area (Å²) in [5.74, 6) is -0.831. The number of carbonyl (C=O) groups is 2. The normalized spacial score (nSPS) is 10.9. The molecule has 0 bridgehead atoms. The Kier molecular flexibility index (Phi) is 6.95. The number of benzene rings is 2. The van der Waals surface area contributed by atoms with E-state index >= 15 is 0 Å². The predicted molar refractivity (Wildman–Crippen MR) is 103 cm³/mol. The molecule has 2 rings (SSSR count). The van der Waals surface area contributed by atoms with Gasteiger partial charge in [-0.3, -0.25) is 9.10 Å². The maximum absolute atomic E-state index is 12.2. The van der Waals surface area contributed by atoms with E-state index in [1.807, 2.05) is 30.3 Å². The number of esters is 1. The fourth-order valence-corrected chi connectivity index (χ4v) is 3.40. The highest BCUT2D eigenvalue weighted by Gasteiger charge is 2.20. The van der Waals surface area contributed by atoms with Gasteiger partial charge in [0.1, 0.15) is 0 Å². The van der Waals surface area contributed by atoms with Gasteiger partial charge in [-0.15, -0.1) is 0 Å². The number of amides is 1. The molecule has 7 nitrogen and oxygen atoms in total. The van der Waals surface area contributed by atoms with Crippen molar-refractivity contribution in [2.24, 2.45) is 0 Å². The lowest BCUT2D eigenvalue weighted by Crippen LogP contribution is -2.34. The Morgan fingerprint density at radius 3 is 2.41 bits per heavy atom. The molecule has 2 aromatic carbocycles. The number of anilines is 1. The Hall–Kier alpha value is -2.87. The first-order valence-corrected chi connectivity index (χ1v) is 10.1. The third kappa shape index (κ3) is 6.10. The van der Waals surface area contributed by atoms with Crippen LogP contribution in [0.15, 0.2) is 54.6 Å². The van der Waals surface area contributed by atoms with Crippen LogP contribution in [-0.4, -0.2) is 40.2 Å². The second-order valence-electron chi connectivity index (χ2n) is 5.89. The van der Waals surface area contributed by atoms with Crippen LogP contribution >= 0.6 is 0 Å². The average Bonchev–Trinajstić information content (AvgIpc) is 2.66. The largest absolute Gasteiger partial charge is 0.465 e. The summed E-state index contributed by atoms with van der Waals surface area (Å²) in [6, 6.07) is 15.5. The summed E-state index contributed by atoms with van der Waals surface area (Å²) in [5, 5.41) is 2.76. The zero-order valence-electron chi connectivity index (χ0n) is 15.2. The van der Waals surface area contributed by atoms with Crippen molar-refractivity contribution in [3.05, 3.63) is 65.7 Å². The first-order valence-electron chi connectivity index (χ1n) is 8.28. The van der Waals surface area contributed by atoms with E-state index in [1.54, 1.807) is 12.1 Å². The van der Waals surface area contributed by atoms with Gasteiger partial charge >= 0.3 is 5.97 Å². The molecular formula is C19H22N2O5S. The number of hydrogen-bond donors (Lipinski definition) is 1. The van der Waals surface area contributed by atoms with E-state index in [0.29, 0.717) is 12.2 Å². The quantitative estimate of drug-likeness (QED) is 0.696. The highest BCUT2D eigenvalue weighted by atomic mass is 32.2. The Balaban J connectivity index is 2.05. The van der Waals surface area contributed by atoms with E-state index in [-0.39, 0.29) is 24.4 Å². The minimum Gasteiger partial charge on any atom is -0.465 e. The maximum Gasteiger partial charge on any atom is 0.337 e. The van der Waals surface area contributed by atoms with Crippen LogP contribution in [0.2, 0.25) is 0 Å². The van der Waals surface area contributed by atoms with Gasteiger partial charge in [0, 0.05) is 19.5 Å². The van der Waals surface area contributed by atoms with Gasteiger partial charge in [-0.1, -0.05) is 36.4 Å². The van der Waals surface area contributed by atoms with Gasteiger partial charge in [-0.05, 0) is 23.8 Å². The highest BCUT2D eigenvalue weighted by molar-refractivity contribution is 7.92. The number of ether oxygens (including phenoxy) is 1. The third-order valence-corrected chi connectivity index (χ3v) is 5.02. The molecule has 2 aromatic rings. The van der Waals surface area contributed by atoms with Crippen LogP contribution in [0.5, 0.6) is 0 Å². The van der Waals surface area contributed by atoms with Crippen molar-refractivity contribution in [1.29, 1.82) is 0 Å². The summed E-state index contributed by atoms with van der Waals surface area (Å²) in [4.78, 5) is 23.8. The summed E-state index contributed by atoms with van der Waals surface area (Å²) in [5.41, 5.74) is 1.49. The zero-order chi connectivity index (χ0) is 19.9. The number of nitrogens with zero attached hydrogens (tertiary/aromatic N) is 1. The average molecular weight is 390 g/mol. The maximum atomic E-state index is 12.2. The van der Waals surface area contributed by atoms with Crippen LogP contribution in [0.25, 0.3) is 0 Å². The molecule has 0 aliphatic carbocycles. The van der Waals surface area contributed by atoms with Crippen LogP contribution in [0.1, 0.15) is 22.3 Å². The molecule has 0 aliphatic heterocycles. The molecule has 0 heterocycles. The van der Waals surface area contributed by atoms with Crippen LogP contribution in [-0.2, 0) is 26.1 Å². The standard InChI is InChI=1S/C19H22N2O5S/c1-26-19(23)16-9-6-10-17(13-16)21(27(2,24)25)12-11-18(22)20-14-15-7-4-3-5-8-15/h3-10,13H,11-12,14H2,1-2H3,(H,20,22). The molecule has 0 spiro atoms. The number of carbonyl (C=O) groups excluding carboxylic acids is 2. The smallest absolute Gasteiger partial charge is 0.337 e. The van der Waals surface area contributed by atoms with Crippen molar-refractivity contribution >= 4 is 27.6 Å². The van der Waals surface area contributed by atoms with Gasteiger partial charge in [0.2, 0.25) is 15.9 Å². The Labute approximate surface area is 159 Å². The molecule has 0 fully saturated rings. The molecule has 0 saturated carbocycles. The lowest BCUT2D eigenvalue weighted by atomic mass is 10.2. The van der Waals surface area contributed by atoms with Gasteiger partial charge < -0.3 is 10.1 Å². The van der Waals surface area contributed by atoms with Crippen molar-refractivity contribution < 1.29 is 22.7 Å². The van der Waals surface area contributed by atoms with Crippen molar-refractivity contribution in [3.63, 3.8) is 0 Å². The Morgan fingerprint density at radius 1 is 1.07 bits per heavy atom. The number of nitrogens with one attached hydrogen (secondary N) is 1. The minimum absolute atomic E-state index is 0.0116. The molecule has 0 radical (unpaired) electrons. The Bertz CT molecular complexity index is 897. The number of sulfonamides is 1. The lowest BCUT2D eigenvalue weighted by Gasteiger charge is -2.22. The van der Waals surface area contributed by atoms with Crippen molar-refractivity contribution in [2.75, 3.05) is 24.2 Å². The van der Waals surface area contributed by atoms with Gasteiger partial charge in [-0.25, -0.2) is 13.2 Å². The van der Waals surface area contributed by atoms with Crippen LogP contribution < -0.4 is 9.62 Å². The van der Waals surface area contributed by atoms with Gasteiger partial charge in [0.05, 0.1) is 24.6 Å². The molecule has 0 aromatic heterocycles. The molecule has 27 heavy (non-hydrogen) atoms. The molecule has 8 heteroatoms. The number of rotatable bonds is 8. The van der Waals surface area contributed by atoms with Gasteiger partial charge in [0.15, 0.2) is 0 Å². The van der Waals surface area contributed by atoms with E-state index < -0.39 is 16.0 Å². The summed E-state index contributed by atoms with van der Waals surface area (Å²) in [7, 11) is -2.38. The second kappa shape index (κ2) is 9.18. The highest BCUT2D eigenvalue weighted by Crippen LogP contribution is 2.20. The molecule has 0 saturated heterocycles. The van der Waals surface area contributed by atoms with E-state index in [1.165, 1.54) is 19.2 Å². The number of methoxy groups -OCH3 is 1. The van der Waals surface area contributed by atoms with Crippen LogP contribution in [0, 0.1) is 0 Å². The lowest BCUT2D eigenvalue weighted by molar-refractivity contribution is -0.121. The topological polar surface area (TPSA) is 92.8 Å². The van der Waals surface area contributed by atoms with Gasteiger partial charge in [-0.2, -0.15) is 0 Å².